The van der Waals surface area contributed by atoms with Gasteiger partial charge < -0.3 is 15.4 Å². The number of hydrogen-bond donors (Lipinski definition) is 2. The summed E-state index contributed by atoms with van der Waals surface area (Å²) in [5.74, 6) is 3.91. The molecule has 0 bridgehead atoms. The fourth-order valence-corrected chi connectivity index (χ4v) is 4.20. The van der Waals surface area contributed by atoms with E-state index in [0.29, 0.717) is 11.8 Å². The minimum absolute atomic E-state index is 0.140. The first kappa shape index (κ1) is 20.1. The molecule has 1 aliphatic rings. The molecule has 0 aromatic carbocycles. The molecule has 0 saturated carbocycles. The molecular weight excluding hydrogens is 432 g/mol. The van der Waals surface area contributed by atoms with Crippen LogP contribution < -0.4 is 15.4 Å². The highest BCUT2D eigenvalue weighted by atomic mass is 16.5. The Morgan fingerprint density at radius 2 is 2.06 bits per heavy atom. The second kappa shape index (κ2) is 8.10. The van der Waals surface area contributed by atoms with Crippen molar-refractivity contribution in [3.8, 4) is 17.1 Å². The van der Waals surface area contributed by atoms with Gasteiger partial charge in [-0.25, -0.2) is 15.0 Å². The van der Waals surface area contributed by atoms with Crippen molar-refractivity contribution in [3.63, 3.8) is 0 Å². The van der Waals surface area contributed by atoms with Gasteiger partial charge in [-0.3, -0.25) is 9.08 Å². The van der Waals surface area contributed by atoms with Gasteiger partial charge in [-0.15, -0.1) is 10.2 Å². The Kier molecular flexibility index (Phi) is 4.79. The standard InChI is InChI=1S/C23H22N10O/c1-32-18(7-9-26-32)29-23-24-8-6-17(28-23)14-11-19-25-13-15(22-31-30-20(12-14)33(19)22)10-16-4-3-5-21(27-16)34-2/h3-9,11-12,15,25H,10,13H2,1-2H3,(H,24,28,29)/t15-/m1/s1. The molecule has 0 saturated heterocycles. The van der Waals surface area contributed by atoms with Crippen LogP contribution in [0.4, 0.5) is 17.6 Å². The third-order valence-electron chi connectivity index (χ3n) is 5.88. The van der Waals surface area contributed by atoms with Gasteiger partial charge in [-0.05, 0) is 24.3 Å². The predicted octanol–water partition coefficient (Wildman–Crippen LogP) is 2.82. The Balaban J connectivity index is 1.31. The van der Waals surface area contributed by atoms with Gasteiger partial charge in [0, 0.05) is 55.5 Å². The number of aryl methyl sites for hydroxylation is 1. The summed E-state index contributed by atoms with van der Waals surface area (Å²) < 4.78 is 9.05. The summed E-state index contributed by atoms with van der Waals surface area (Å²) in [5.41, 5.74) is 3.43. The normalized spacial score (nSPS) is 14.7. The van der Waals surface area contributed by atoms with Crippen molar-refractivity contribution in [2.24, 2.45) is 7.05 Å². The van der Waals surface area contributed by atoms with Crippen molar-refractivity contribution in [1.29, 1.82) is 0 Å². The van der Waals surface area contributed by atoms with Gasteiger partial charge >= 0.3 is 0 Å². The highest BCUT2D eigenvalue weighted by Gasteiger charge is 2.26. The van der Waals surface area contributed by atoms with Crippen LogP contribution in [0.2, 0.25) is 0 Å². The average Bonchev–Trinajstić information content (AvgIpc) is 3.48. The number of ether oxygens (including phenoxy) is 1. The van der Waals surface area contributed by atoms with Gasteiger partial charge in [-0.2, -0.15) is 5.10 Å². The molecule has 11 nitrogen and oxygen atoms in total. The maximum Gasteiger partial charge on any atom is 0.228 e. The van der Waals surface area contributed by atoms with Gasteiger partial charge in [0.25, 0.3) is 0 Å². The van der Waals surface area contributed by atoms with E-state index in [1.807, 2.05) is 43.4 Å². The third-order valence-corrected chi connectivity index (χ3v) is 5.88. The molecule has 0 unspecified atom stereocenters. The Morgan fingerprint density at radius 3 is 2.91 bits per heavy atom. The second-order valence-electron chi connectivity index (χ2n) is 8.06. The molecule has 170 valence electrons. The summed E-state index contributed by atoms with van der Waals surface area (Å²) in [6, 6.07) is 13.6. The van der Waals surface area contributed by atoms with Crippen LogP contribution in [0.1, 0.15) is 17.4 Å². The lowest BCUT2D eigenvalue weighted by molar-refractivity contribution is 0.395. The van der Waals surface area contributed by atoms with Crippen LogP contribution in [0.15, 0.2) is 54.9 Å². The lowest BCUT2D eigenvalue weighted by atomic mass is 10.00. The smallest absolute Gasteiger partial charge is 0.228 e. The van der Waals surface area contributed by atoms with Crippen LogP contribution in [0.5, 0.6) is 5.88 Å². The second-order valence-corrected chi connectivity index (χ2v) is 8.06. The number of hydrogen-bond acceptors (Lipinski definition) is 9. The maximum atomic E-state index is 5.26. The molecule has 1 atom stereocenters. The van der Waals surface area contributed by atoms with E-state index in [0.717, 1.165) is 53.0 Å². The molecule has 1 aliphatic heterocycles. The number of pyridine rings is 2. The monoisotopic (exact) mass is 454 g/mol. The van der Waals surface area contributed by atoms with Crippen LogP contribution >= 0.6 is 0 Å². The topological polar surface area (TPSA) is 120 Å². The first-order valence-corrected chi connectivity index (χ1v) is 10.9. The zero-order valence-electron chi connectivity index (χ0n) is 18.7. The first-order valence-electron chi connectivity index (χ1n) is 10.9. The highest BCUT2D eigenvalue weighted by molar-refractivity contribution is 5.71. The zero-order valence-corrected chi connectivity index (χ0v) is 18.7. The van der Waals surface area contributed by atoms with Gasteiger partial charge in [0.15, 0.2) is 5.65 Å². The van der Waals surface area contributed by atoms with E-state index in [1.54, 1.807) is 24.2 Å². The van der Waals surface area contributed by atoms with Gasteiger partial charge in [0.1, 0.15) is 17.5 Å². The molecule has 0 radical (unpaired) electrons. The quantitative estimate of drug-likeness (QED) is 0.399. The van der Waals surface area contributed by atoms with E-state index in [9.17, 15) is 0 Å². The summed E-state index contributed by atoms with van der Waals surface area (Å²) in [6.07, 6.45) is 4.19. The Labute approximate surface area is 194 Å². The summed E-state index contributed by atoms with van der Waals surface area (Å²) in [4.78, 5) is 13.6. The molecule has 6 rings (SSSR count). The van der Waals surface area contributed by atoms with Crippen molar-refractivity contribution < 1.29 is 4.74 Å². The van der Waals surface area contributed by atoms with Crippen molar-refractivity contribution in [2.45, 2.75) is 12.3 Å². The molecule has 0 aliphatic carbocycles. The van der Waals surface area contributed by atoms with Gasteiger partial charge in [0.05, 0.1) is 19.0 Å². The number of methoxy groups -OCH3 is 1. The van der Waals surface area contributed by atoms with E-state index in [2.05, 4.69) is 51.3 Å². The minimum Gasteiger partial charge on any atom is -0.481 e. The lowest BCUT2D eigenvalue weighted by Gasteiger charge is -2.24. The Morgan fingerprint density at radius 1 is 1.12 bits per heavy atom. The molecule has 34 heavy (non-hydrogen) atoms. The summed E-state index contributed by atoms with van der Waals surface area (Å²) in [6.45, 7) is 0.729. The van der Waals surface area contributed by atoms with E-state index in [4.69, 9.17) is 4.74 Å². The molecule has 0 fully saturated rings. The number of nitrogens with zero attached hydrogens (tertiary/aromatic N) is 8. The van der Waals surface area contributed by atoms with Crippen molar-refractivity contribution in [2.75, 3.05) is 24.3 Å². The van der Waals surface area contributed by atoms with E-state index >= 15 is 0 Å². The van der Waals surface area contributed by atoms with Crippen LogP contribution in [-0.2, 0) is 13.5 Å². The average molecular weight is 454 g/mol. The summed E-state index contributed by atoms with van der Waals surface area (Å²) >= 11 is 0. The Hall–Kier alpha value is -4.54. The highest BCUT2D eigenvalue weighted by Crippen LogP contribution is 2.31. The van der Waals surface area contributed by atoms with Crippen molar-refractivity contribution >= 4 is 23.2 Å². The number of anilines is 3. The van der Waals surface area contributed by atoms with E-state index in [1.165, 1.54) is 0 Å². The number of rotatable bonds is 6. The zero-order chi connectivity index (χ0) is 23.1. The van der Waals surface area contributed by atoms with Crippen LogP contribution in [0, 0.1) is 0 Å². The molecule has 6 heterocycles. The maximum absolute atomic E-state index is 5.26. The summed E-state index contributed by atoms with van der Waals surface area (Å²) in [7, 11) is 3.48. The Bertz CT molecular complexity index is 1490. The number of nitrogens with one attached hydrogen (secondary N) is 2. The minimum atomic E-state index is 0.140. The lowest BCUT2D eigenvalue weighted by Crippen LogP contribution is -2.24. The van der Waals surface area contributed by atoms with E-state index in [-0.39, 0.29) is 5.92 Å². The van der Waals surface area contributed by atoms with Crippen LogP contribution in [0.3, 0.4) is 0 Å². The fraction of sp³-hybridized carbons (Fsp3) is 0.217. The first-order chi connectivity index (χ1) is 16.7. The molecule has 5 aromatic rings. The predicted molar refractivity (Wildman–Crippen MR) is 126 cm³/mol. The third kappa shape index (κ3) is 3.56. The molecule has 0 amide bonds. The molecule has 5 aromatic heterocycles. The fourth-order valence-electron chi connectivity index (χ4n) is 4.20. The van der Waals surface area contributed by atoms with Crippen LogP contribution in [0.25, 0.3) is 16.9 Å². The van der Waals surface area contributed by atoms with E-state index < -0.39 is 0 Å². The van der Waals surface area contributed by atoms with Crippen molar-refractivity contribution in [3.05, 3.63) is 66.4 Å². The SMILES string of the molecule is COc1cccc(C[C@@H]2CNc3cc(-c4ccnc(Nc5ccnn5C)n4)cc4nnc2n34)n1. The van der Waals surface area contributed by atoms with Gasteiger partial charge in [0.2, 0.25) is 11.8 Å². The van der Waals surface area contributed by atoms with Crippen LogP contribution in [-0.4, -0.2) is 53.0 Å². The molecule has 11 heteroatoms. The summed E-state index contributed by atoms with van der Waals surface area (Å²) in [5, 5.41) is 19.9. The molecule has 0 spiro atoms. The van der Waals surface area contributed by atoms with Gasteiger partial charge in [-0.1, -0.05) is 6.07 Å². The molecular formula is C23H22N10O. The molecule has 2 N–H and O–H groups in total. The van der Waals surface area contributed by atoms with Crippen molar-refractivity contribution in [1.82, 2.24) is 39.3 Å². The largest absolute Gasteiger partial charge is 0.481 e. The number of aromatic nitrogens is 8.